The topological polar surface area (TPSA) is 61.4 Å². The summed E-state index contributed by atoms with van der Waals surface area (Å²) in [7, 11) is 1.33. The fourth-order valence-corrected chi connectivity index (χ4v) is 2.54. The lowest BCUT2D eigenvalue weighted by Crippen LogP contribution is -2.36. The van der Waals surface area contributed by atoms with Crippen LogP contribution < -0.4 is 10.6 Å². The largest absolute Gasteiger partial charge is 0.416 e. The van der Waals surface area contributed by atoms with Crippen LogP contribution >= 0.6 is 0 Å². The highest BCUT2D eigenvalue weighted by Crippen LogP contribution is 2.37. The van der Waals surface area contributed by atoms with Crippen LogP contribution in [0.1, 0.15) is 11.1 Å². The Morgan fingerprint density at radius 1 is 0.806 bits per heavy atom. The van der Waals surface area contributed by atoms with Gasteiger partial charge >= 0.3 is 12.4 Å². The van der Waals surface area contributed by atoms with Gasteiger partial charge in [-0.1, -0.05) is 6.07 Å². The number of alkyl halides is 6. The van der Waals surface area contributed by atoms with E-state index in [0.717, 1.165) is 6.07 Å². The number of rotatable bonds is 6. The summed E-state index contributed by atoms with van der Waals surface area (Å²) in [4.78, 5) is 25.1. The first-order valence-corrected chi connectivity index (χ1v) is 8.57. The molecule has 0 aliphatic heterocycles. The first-order chi connectivity index (χ1) is 14.2. The summed E-state index contributed by atoms with van der Waals surface area (Å²) >= 11 is 0. The van der Waals surface area contributed by atoms with Crippen molar-refractivity contribution >= 4 is 23.2 Å². The molecule has 0 spiro atoms. The highest BCUT2D eigenvalue weighted by molar-refractivity contribution is 5.94. The molecule has 12 heteroatoms. The number of hydrogen-bond donors (Lipinski definition) is 2. The summed E-state index contributed by atoms with van der Waals surface area (Å²) in [6, 6.07) is 5.73. The molecular formula is C19H16F7N3O2. The fourth-order valence-electron chi connectivity index (χ4n) is 2.54. The molecule has 0 saturated carbocycles. The number of amides is 2. The Balaban J connectivity index is 2.02. The van der Waals surface area contributed by atoms with Crippen LogP contribution in [0, 0.1) is 5.82 Å². The minimum Gasteiger partial charge on any atom is -0.325 e. The van der Waals surface area contributed by atoms with E-state index in [0.29, 0.717) is 12.1 Å². The lowest BCUT2D eigenvalue weighted by Gasteiger charge is -2.17. The standard InChI is InChI=1S/C19H16F7N3O2/c1-29(9-16(30)27-14-4-2-3-13(20)8-14)10-17(31)28-15-6-11(18(21,22)23)5-12(7-15)19(24,25)26/h2-8H,9-10H2,1H3,(H,27,30)(H,28,31). The first kappa shape index (κ1) is 24.1. The van der Waals surface area contributed by atoms with Gasteiger partial charge in [0.2, 0.25) is 11.8 Å². The molecule has 0 saturated heterocycles. The van der Waals surface area contributed by atoms with Crippen LogP contribution in [0.2, 0.25) is 0 Å². The molecule has 2 N–H and O–H groups in total. The Morgan fingerprint density at radius 3 is 1.74 bits per heavy atom. The van der Waals surface area contributed by atoms with Gasteiger partial charge < -0.3 is 10.6 Å². The zero-order valence-corrected chi connectivity index (χ0v) is 15.9. The molecule has 31 heavy (non-hydrogen) atoms. The quantitative estimate of drug-likeness (QED) is 0.642. The number of nitrogens with one attached hydrogen (secondary N) is 2. The molecule has 0 aliphatic carbocycles. The fraction of sp³-hybridized carbons (Fsp3) is 0.263. The number of likely N-dealkylation sites (N-methyl/N-ethyl adjacent to an activating group) is 1. The Labute approximate surface area is 171 Å². The second-order valence-electron chi connectivity index (χ2n) is 6.57. The number of halogens is 7. The first-order valence-electron chi connectivity index (χ1n) is 8.57. The van der Waals surface area contributed by atoms with E-state index in [1.807, 2.05) is 5.32 Å². The highest BCUT2D eigenvalue weighted by Gasteiger charge is 2.37. The minimum absolute atomic E-state index is 0.0570. The van der Waals surface area contributed by atoms with E-state index >= 15 is 0 Å². The Bertz CT molecular complexity index is 926. The highest BCUT2D eigenvalue weighted by atomic mass is 19.4. The molecule has 2 rings (SSSR count). The maximum absolute atomic E-state index is 13.1. The smallest absolute Gasteiger partial charge is 0.325 e. The van der Waals surface area contributed by atoms with Gasteiger partial charge in [0.15, 0.2) is 0 Å². The van der Waals surface area contributed by atoms with E-state index in [4.69, 9.17) is 0 Å². The molecule has 0 bridgehead atoms. The summed E-state index contributed by atoms with van der Waals surface area (Å²) in [5.74, 6) is -2.13. The molecule has 0 aromatic heterocycles. The number of anilines is 2. The van der Waals surface area contributed by atoms with Crippen molar-refractivity contribution in [2.24, 2.45) is 0 Å². The predicted molar refractivity (Wildman–Crippen MR) is 97.6 cm³/mol. The van der Waals surface area contributed by atoms with Gasteiger partial charge in [0.05, 0.1) is 24.2 Å². The molecule has 0 fully saturated rings. The van der Waals surface area contributed by atoms with Crippen molar-refractivity contribution in [2.45, 2.75) is 12.4 Å². The molecule has 2 aromatic carbocycles. The summed E-state index contributed by atoms with van der Waals surface area (Å²) < 4.78 is 90.4. The summed E-state index contributed by atoms with van der Waals surface area (Å²) in [5.41, 5.74) is -3.66. The maximum atomic E-state index is 13.1. The van der Waals surface area contributed by atoms with Gasteiger partial charge in [-0.15, -0.1) is 0 Å². The van der Waals surface area contributed by atoms with Crippen molar-refractivity contribution < 1.29 is 40.3 Å². The van der Waals surface area contributed by atoms with Crippen molar-refractivity contribution in [1.82, 2.24) is 4.90 Å². The lowest BCUT2D eigenvalue weighted by atomic mass is 10.1. The van der Waals surface area contributed by atoms with Crippen LogP contribution in [0.3, 0.4) is 0 Å². The molecule has 0 unspecified atom stereocenters. The number of carbonyl (C=O) groups excluding carboxylic acids is 2. The lowest BCUT2D eigenvalue weighted by molar-refractivity contribution is -0.143. The van der Waals surface area contributed by atoms with Crippen LogP contribution in [0.5, 0.6) is 0 Å². The van der Waals surface area contributed by atoms with Gasteiger partial charge in [-0.05, 0) is 43.4 Å². The SMILES string of the molecule is CN(CC(=O)Nc1cccc(F)c1)CC(=O)Nc1cc(C(F)(F)F)cc(C(F)(F)F)c1. The van der Waals surface area contributed by atoms with Gasteiger partial charge in [-0.2, -0.15) is 26.3 Å². The van der Waals surface area contributed by atoms with Crippen LogP contribution in [-0.4, -0.2) is 36.9 Å². The molecule has 2 aromatic rings. The van der Waals surface area contributed by atoms with Crippen LogP contribution in [-0.2, 0) is 21.9 Å². The maximum Gasteiger partial charge on any atom is 0.416 e. The Kier molecular flexibility index (Phi) is 7.26. The van der Waals surface area contributed by atoms with E-state index in [-0.39, 0.29) is 18.3 Å². The second kappa shape index (κ2) is 9.33. The zero-order valence-electron chi connectivity index (χ0n) is 15.9. The van der Waals surface area contributed by atoms with Crippen molar-refractivity contribution in [2.75, 3.05) is 30.8 Å². The monoisotopic (exact) mass is 451 g/mol. The normalized spacial score (nSPS) is 12.0. The number of carbonyl (C=O) groups is 2. The van der Waals surface area contributed by atoms with E-state index in [1.165, 1.54) is 30.1 Å². The van der Waals surface area contributed by atoms with E-state index in [2.05, 4.69) is 5.32 Å². The predicted octanol–water partition coefficient (Wildman–Crippen LogP) is 4.37. The van der Waals surface area contributed by atoms with Gasteiger partial charge in [-0.3, -0.25) is 14.5 Å². The summed E-state index contributed by atoms with van der Waals surface area (Å²) in [6.07, 6.45) is -10.1. The number of nitrogens with zero attached hydrogens (tertiary/aromatic N) is 1. The Hall–Kier alpha value is -3.15. The molecule has 0 heterocycles. The number of benzene rings is 2. The summed E-state index contributed by atoms with van der Waals surface area (Å²) in [6.45, 7) is -0.853. The molecule has 0 radical (unpaired) electrons. The molecular weight excluding hydrogens is 435 g/mol. The molecule has 0 aliphatic rings. The van der Waals surface area contributed by atoms with Gasteiger partial charge in [0.25, 0.3) is 0 Å². The summed E-state index contributed by atoms with van der Waals surface area (Å²) in [5, 5.41) is 4.35. The molecule has 5 nitrogen and oxygen atoms in total. The molecule has 0 atom stereocenters. The van der Waals surface area contributed by atoms with Crippen LogP contribution in [0.15, 0.2) is 42.5 Å². The molecule has 2 amide bonds. The minimum atomic E-state index is -5.05. The van der Waals surface area contributed by atoms with Crippen molar-refractivity contribution in [3.05, 3.63) is 59.4 Å². The number of hydrogen-bond acceptors (Lipinski definition) is 3. The Morgan fingerprint density at radius 2 is 1.29 bits per heavy atom. The van der Waals surface area contributed by atoms with Crippen LogP contribution in [0.25, 0.3) is 0 Å². The van der Waals surface area contributed by atoms with Crippen molar-refractivity contribution in [1.29, 1.82) is 0 Å². The van der Waals surface area contributed by atoms with E-state index in [9.17, 15) is 40.3 Å². The zero-order chi connectivity index (χ0) is 23.4. The molecule has 168 valence electrons. The average Bonchev–Trinajstić information content (AvgIpc) is 2.59. The van der Waals surface area contributed by atoms with E-state index < -0.39 is 53.3 Å². The third-order valence-electron chi connectivity index (χ3n) is 3.81. The third-order valence-corrected chi connectivity index (χ3v) is 3.81. The third kappa shape index (κ3) is 7.55. The van der Waals surface area contributed by atoms with Crippen molar-refractivity contribution in [3.63, 3.8) is 0 Å². The average molecular weight is 451 g/mol. The van der Waals surface area contributed by atoms with E-state index in [1.54, 1.807) is 0 Å². The van der Waals surface area contributed by atoms with Gasteiger partial charge in [0.1, 0.15) is 5.82 Å². The van der Waals surface area contributed by atoms with Gasteiger partial charge in [-0.25, -0.2) is 4.39 Å². The second-order valence-corrected chi connectivity index (χ2v) is 6.57. The van der Waals surface area contributed by atoms with Crippen LogP contribution in [0.4, 0.5) is 42.1 Å². The van der Waals surface area contributed by atoms with Crippen molar-refractivity contribution in [3.8, 4) is 0 Å². The van der Waals surface area contributed by atoms with Gasteiger partial charge in [0, 0.05) is 11.4 Å².